The van der Waals surface area contributed by atoms with E-state index in [-0.39, 0.29) is 36.0 Å². The molecule has 10 heteroatoms. The lowest BCUT2D eigenvalue weighted by molar-refractivity contribution is -0.167. The Morgan fingerprint density at radius 3 is 2.47 bits per heavy atom. The van der Waals surface area contributed by atoms with E-state index < -0.39 is 33.2 Å². The van der Waals surface area contributed by atoms with Crippen molar-refractivity contribution < 1.29 is 36.6 Å². The molecule has 0 aliphatic carbocycles. The van der Waals surface area contributed by atoms with Crippen LogP contribution in [-0.4, -0.2) is 63.9 Å². The van der Waals surface area contributed by atoms with Crippen LogP contribution in [-0.2, 0) is 24.0 Å². The van der Waals surface area contributed by atoms with Gasteiger partial charge in [0.2, 0.25) is 0 Å². The Balaban J connectivity index is 1.85. The first-order valence-corrected chi connectivity index (χ1v) is 11.9. The molecule has 0 aromatic heterocycles. The van der Waals surface area contributed by atoms with E-state index in [9.17, 15) is 17.6 Å². The van der Waals surface area contributed by atoms with Crippen LogP contribution in [0.3, 0.4) is 0 Å². The summed E-state index contributed by atoms with van der Waals surface area (Å²) in [6.07, 6.45) is -0.843. The van der Waals surface area contributed by atoms with E-state index in [1.807, 2.05) is 13.8 Å². The van der Waals surface area contributed by atoms with Crippen LogP contribution in [0.5, 0.6) is 5.75 Å². The summed E-state index contributed by atoms with van der Waals surface area (Å²) >= 11 is 0. The normalized spacial score (nSPS) is 19.3. The van der Waals surface area contributed by atoms with Crippen molar-refractivity contribution in [1.82, 2.24) is 5.32 Å². The van der Waals surface area contributed by atoms with Crippen LogP contribution in [0, 0.1) is 0 Å². The zero-order chi connectivity index (χ0) is 24.0. The number of benzene rings is 1. The molecule has 0 saturated carbocycles. The molecule has 1 atom stereocenters. The average molecular weight is 474 g/mol. The third-order valence-corrected chi connectivity index (χ3v) is 6.15. The maximum absolute atomic E-state index is 13.1. The molecule has 1 aromatic carbocycles. The van der Waals surface area contributed by atoms with E-state index in [0.717, 1.165) is 0 Å². The predicted octanol–water partition coefficient (Wildman–Crippen LogP) is 3.41. The summed E-state index contributed by atoms with van der Waals surface area (Å²) in [7, 11) is -3.58. The van der Waals surface area contributed by atoms with Crippen molar-refractivity contribution in [1.29, 1.82) is 0 Å². The Morgan fingerprint density at radius 2 is 1.94 bits per heavy atom. The monoisotopic (exact) mass is 473 g/mol. The van der Waals surface area contributed by atoms with Gasteiger partial charge in [0, 0.05) is 12.1 Å². The van der Waals surface area contributed by atoms with Gasteiger partial charge in [-0.1, -0.05) is 0 Å². The molecule has 2 rings (SSSR count). The van der Waals surface area contributed by atoms with Gasteiger partial charge in [-0.3, -0.25) is 0 Å². The molecule has 0 radical (unpaired) electrons. The molecule has 1 heterocycles. The number of alkyl carbamates (subject to hydrolysis) is 1. The Labute approximate surface area is 189 Å². The van der Waals surface area contributed by atoms with Gasteiger partial charge in [-0.05, 0) is 58.9 Å². The van der Waals surface area contributed by atoms with Gasteiger partial charge in [0.15, 0.2) is 9.84 Å². The molecule has 1 amide bonds. The molecule has 1 aliphatic rings. The van der Waals surface area contributed by atoms with Crippen molar-refractivity contribution in [3.63, 3.8) is 0 Å². The van der Waals surface area contributed by atoms with Crippen LogP contribution in [0.15, 0.2) is 41.1 Å². The molecule has 1 aliphatic heterocycles. The highest BCUT2D eigenvalue weighted by atomic mass is 32.2. The van der Waals surface area contributed by atoms with Crippen LogP contribution in [0.2, 0.25) is 0 Å². The molecule has 1 unspecified atom stereocenters. The van der Waals surface area contributed by atoms with Gasteiger partial charge in [-0.15, -0.1) is 0 Å². The quantitative estimate of drug-likeness (QED) is 0.618. The van der Waals surface area contributed by atoms with Crippen LogP contribution >= 0.6 is 0 Å². The fraction of sp³-hybridized carbons (Fsp3) is 0.591. The van der Waals surface area contributed by atoms with Gasteiger partial charge in [-0.2, -0.15) is 0 Å². The number of hydrogen-bond donors (Lipinski definition) is 1. The van der Waals surface area contributed by atoms with Gasteiger partial charge in [0.05, 0.1) is 41.9 Å². The van der Waals surface area contributed by atoms with Gasteiger partial charge >= 0.3 is 6.09 Å². The second-order valence-electron chi connectivity index (χ2n) is 9.17. The Hall–Kier alpha value is -2.17. The minimum Gasteiger partial charge on any atom is -0.489 e. The largest absolute Gasteiger partial charge is 0.489 e. The highest BCUT2D eigenvalue weighted by molar-refractivity contribution is 7.91. The second kappa shape index (κ2) is 10.6. The van der Waals surface area contributed by atoms with Crippen molar-refractivity contribution in [2.24, 2.45) is 0 Å². The molecule has 0 bridgehead atoms. The molecule has 180 valence electrons. The Morgan fingerprint density at radius 1 is 1.28 bits per heavy atom. The summed E-state index contributed by atoms with van der Waals surface area (Å²) in [5.74, 6) is 0.175. The third-order valence-electron chi connectivity index (χ3n) is 4.35. The van der Waals surface area contributed by atoms with Crippen molar-refractivity contribution in [2.75, 3.05) is 32.1 Å². The molecular weight excluding hydrogens is 441 g/mol. The molecule has 1 saturated heterocycles. The van der Waals surface area contributed by atoms with Gasteiger partial charge in [0.25, 0.3) is 0 Å². The van der Waals surface area contributed by atoms with E-state index in [2.05, 4.69) is 5.32 Å². The number of halogens is 1. The summed E-state index contributed by atoms with van der Waals surface area (Å²) in [5.41, 5.74) is -0.895. The van der Waals surface area contributed by atoms with E-state index >= 15 is 0 Å². The standard InChI is InChI=1S/C22H32FNO7S/c1-21(2,3)31-20(25)24-11-16(10-23)12-28-17-6-8-19(9-7-17)32(26,27)14-18-13-30-22(4,5)15-29-18/h6-10,18H,11-15H2,1-5H3,(H,24,25)/b16-10+. The minimum atomic E-state index is -3.58. The minimum absolute atomic E-state index is 0.0852. The van der Waals surface area contributed by atoms with Crippen LogP contribution in [0.4, 0.5) is 9.18 Å². The maximum atomic E-state index is 13.1. The van der Waals surface area contributed by atoms with Gasteiger partial charge in [0.1, 0.15) is 18.0 Å². The van der Waals surface area contributed by atoms with Gasteiger partial charge < -0.3 is 24.3 Å². The molecule has 1 N–H and O–H groups in total. The molecule has 0 spiro atoms. The lowest BCUT2D eigenvalue weighted by Gasteiger charge is -2.34. The van der Waals surface area contributed by atoms with Crippen molar-refractivity contribution >= 4 is 15.9 Å². The number of amides is 1. The maximum Gasteiger partial charge on any atom is 0.407 e. The fourth-order valence-corrected chi connectivity index (χ4v) is 4.13. The molecular formula is C22H32FNO7S. The summed E-state index contributed by atoms with van der Waals surface area (Å²) in [5, 5.41) is 2.45. The van der Waals surface area contributed by atoms with Crippen molar-refractivity contribution in [2.45, 2.75) is 56.8 Å². The number of carbonyl (C=O) groups is 1. The second-order valence-corrected chi connectivity index (χ2v) is 11.2. The number of hydrogen-bond acceptors (Lipinski definition) is 7. The summed E-state index contributed by atoms with van der Waals surface area (Å²) in [6, 6.07) is 5.84. The van der Waals surface area contributed by atoms with Crippen LogP contribution in [0.25, 0.3) is 0 Å². The number of carbonyl (C=O) groups excluding carboxylic acids is 1. The number of ether oxygens (including phenoxy) is 4. The SMILES string of the molecule is CC(C)(C)OC(=O)NC/C(=C\F)COc1ccc(S(=O)(=O)CC2COC(C)(C)CO2)cc1. The molecule has 1 aromatic rings. The van der Waals surface area contributed by atoms with Crippen molar-refractivity contribution in [3.8, 4) is 5.75 Å². The Kier molecular flexibility index (Phi) is 8.67. The zero-order valence-electron chi connectivity index (χ0n) is 19.1. The first-order valence-electron chi connectivity index (χ1n) is 10.3. The van der Waals surface area contributed by atoms with Crippen LogP contribution < -0.4 is 10.1 Å². The van der Waals surface area contributed by atoms with E-state index in [1.54, 1.807) is 20.8 Å². The number of rotatable bonds is 8. The van der Waals surface area contributed by atoms with E-state index in [0.29, 0.717) is 18.7 Å². The summed E-state index contributed by atoms with van der Waals surface area (Å²) < 4.78 is 60.2. The smallest absolute Gasteiger partial charge is 0.407 e. The van der Waals surface area contributed by atoms with Crippen LogP contribution in [0.1, 0.15) is 34.6 Å². The fourth-order valence-electron chi connectivity index (χ4n) is 2.70. The number of sulfone groups is 1. The molecule has 8 nitrogen and oxygen atoms in total. The van der Waals surface area contributed by atoms with E-state index in [4.69, 9.17) is 18.9 Å². The average Bonchev–Trinajstić information content (AvgIpc) is 2.68. The third kappa shape index (κ3) is 8.76. The first-order chi connectivity index (χ1) is 14.8. The molecule has 32 heavy (non-hydrogen) atoms. The van der Waals surface area contributed by atoms with Gasteiger partial charge in [-0.25, -0.2) is 17.6 Å². The summed E-state index contributed by atoms with van der Waals surface area (Å²) in [4.78, 5) is 11.8. The number of nitrogens with one attached hydrogen (secondary N) is 1. The van der Waals surface area contributed by atoms with Crippen molar-refractivity contribution in [3.05, 3.63) is 36.2 Å². The highest BCUT2D eigenvalue weighted by Gasteiger charge is 2.31. The topological polar surface area (TPSA) is 100 Å². The predicted molar refractivity (Wildman–Crippen MR) is 117 cm³/mol. The lowest BCUT2D eigenvalue weighted by Crippen LogP contribution is -2.44. The zero-order valence-corrected chi connectivity index (χ0v) is 20.0. The highest BCUT2D eigenvalue weighted by Crippen LogP contribution is 2.22. The Bertz CT molecular complexity index is 895. The lowest BCUT2D eigenvalue weighted by atomic mass is 10.1. The van der Waals surface area contributed by atoms with E-state index in [1.165, 1.54) is 24.3 Å². The summed E-state index contributed by atoms with van der Waals surface area (Å²) in [6.45, 7) is 9.27. The molecule has 1 fully saturated rings. The first kappa shape index (κ1) is 26.1.